The standard InChI is InChI=1S/C13H16O.C12H14O2/c1-10-2-4-11(5-3-10)12-6-8-13(14)9-7-12;13-11-5-1-9(2-6-11)10-3-7-12(14)8-4-10/h2-5,12H,6-9H2,1H3;1-2,5-6,10,13H,3-4,7-8H2. The number of hydrogen-bond acceptors (Lipinski definition) is 3. The van der Waals surface area contributed by atoms with Crippen LogP contribution in [-0.2, 0) is 9.59 Å². The fourth-order valence-electron chi connectivity index (χ4n) is 4.13. The number of phenolic OH excluding ortho intramolecular Hbond substituents is 1. The number of aromatic hydroxyl groups is 1. The average Bonchev–Trinajstić information content (AvgIpc) is 2.71. The zero-order valence-electron chi connectivity index (χ0n) is 16.7. The van der Waals surface area contributed by atoms with Crippen LogP contribution in [0, 0.1) is 6.92 Å². The molecule has 2 aliphatic carbocycles. The zero-order chi connectivity index (χ0) is 19.9. The van der Waals surface area contributed by atoms with Crippen molar-refractivity contribution in [2.45, 2.75) is 70.1 Å². The second-order valence-corrected chi connectivity index (χ2v) is 8.13. The third-order valence-corrected chi connectivity index (χ3v) is 6.00. The highest BCUT2D eigenvalue weighted by Crippen LogP contribution is 2.32. The van der Waals surface area contributed by atoms with E-state index in [-0.39, 0.29) is 0 Å². The fourth-order valence-corrected chi connectivity index (χ4v) is 4.13. The maximum atomic E-state index is 11.1. The Morgan fingerprint density at radius 1 is 0.643 bits per heavy atom. The highest BCUT2D eigenvalue weighted by molar-refractivity contribution is 5.79. The maximum Gasteiger partial charge on any atom is 0.132 e. The number of benzene rings is 2. The van der Waals surface area contributed by atoms with E-state index < -0.39 is 0 Å². The minimum Gasteiger partial charge on any atom is -0.508 e. The normalized spacial score (nSPS) is 18.5. The third kappa shape index (κ3) is 5.79. The van der Waals surface area contributed by atoms with E-state index in [1.54, 1.807) is 12.1 Å². The lowest BCUT2D eigenvalue weighted by atomic mass is 9.83. The van der Waals surface area contributed by atoms with Crippen LogP contribution in [0.25, 0.3) is 0 Å². The molecule has 2 aromatic carbocycles. The lowest BCUT2D eigenvalue weighted by Gasteiger charge is -2.21. The number of ketones is 2. The van der Waals surface area contributed by atoms with Gasteiger partial charge in [0, 0.05) is 25.7 Å². The summed E-state index contributed by atoms with van der Waals surface area (Å²) in [6.45, 7) is 2.11. The molecule has 28 heavy (non-hydrogen) atoms. The first kappa shape index (κ1) is 20.3. The molecule has 0 unspecified atom stereocenters. The monoisotopic (exact) mass is 378 g/mol. The minimum atomic E-state index is 0.306. The van der Waals surface area contributed by atoms with Crippen LogP contribution in [0.2, 0.25) is 0 Å². The molecule has 0 spiro atoms. The molecule has 0 heterocycles. The average molecular weight is 379 g/mol. The van der Waals surface area contributed by atoms with E-state index in [4.69, 9.17) is 5.11 Å². The van der Waals surface area contributed by atoms with Crippen molar-refractivity contribution < 1.29 is 14.7 Å². The van der Waals surface area contributed by atoms with Gasteiger partial charge in [-0.1, -0.05) is 42.0 Å². The van der Waals surface area contributed by atoms with Crippen LogP contribution in [0.15, 0.2) is 48.5 Å². The first-order valence-corrected chi connectivity index (χ1v) is 10.4. The van der Waals surface area contributed by atoms with Gasteiger partial charge in [-0.15, -0.1) is 0 Å². The number of rotatable bonds is 2. The van der Waals surface area contributed by atoms with E-state index in [0.717, 1.165) is 38.5 Å². The van der Waals surface area contributed by atoms with E-state index in [0.29, 0.717) is 42.0 Å². The van der Waals surface area contributed by atoms with Gasteiger partial charge in [0.1, 0.15) is 17.3 Å². The summed E-state index contributed by atoms with van der Waals surface area (Å²) < 4.78 is 0. The summed E-state index contributed by atoms with van der Waals surface area (Å²) in [5.41, 5.74) is 3.96. The second kappa shape index (κ2) is 9.68. The molecule has 3 nitrogen and oxygen atoms in total. The molecule has 148 valence electrons. The van der Waals surface area contributed by atoms with Gasteiger partial charge in [0.2, 0.25) is 0 Å². The van der Waals surface area contributed by atoms with Crippen molar-refractivity contribution in [3.8, 4) is 5.75 Å². The van der Waals surface area contributed by atoms with Gasteiger partial charge in [-0.3, -0.25) is 9.59 Å². The Balaban J connectivity index is 0.000000161. The van der Waals surface area contributed by atoms with Gasteiger partial charge in [0.05, 0.1) is 0 Å². The lowest BCUT2D eigenvalue weighted by molar-refractivity contribution is -0.121. The largest absolute Gasteiger partial charge is 0.508 e. The van der Waals surface area contributed by atoms with E-state index in [9.17, 15) is 9.59 Å². The van der Waals surface area contributed by atoms with Crippen molar-refractivity contribution in [3.05, 3.63) is 65.2 Å². The summed E-state index contributed by atoms with van der Waals surface area (Å²) in [6.07, 6.45) is 6.99. The quantitative estimate of drug-likeness (QED) is 0.714. The molecule has 1 N–H and O–H groups in total. The van der Waals surface area contributed by atoms with E-state index >= 15 is 0 Å². The molecule has 2 fully saturated rings. The summed E-state index contributed by atoms with van der Waals surface area (Å²) in [6, 6.07) is 16.1. The van der Waals surface area contributed by atoms with E-state index in [1.807, 2.05) is 12.1 Å². The van der Waals surface area contributed by atoms with Crippen LogP contribution < -0.4 is 0 Å². The van der Waals surface area contributed by atoms with Crippen LogP contribution >= 0.6 is 0 Å². The number of carbonyl (C=O) groups is 2. The van der Waals surface area contributed by atoms with Gasteiger partial charge in [-0.25, -0.2) is 0 Å². The predicted molar refractivity (Wildman–Crippen MR) is 112 cm³/mol. The van der Waals surface area contributed by atoms with Gasteiger partial charge in [0.25, 0.3) is 0 Å². The van der Waals surface area contributed by atoms with Crippen molar-refractivity contribution in [1.29, 1.82) is 0 Å². The molecule has 0 saturated heterocycles. The van der Waals surface area contributed by atoms with Crippen LogP contribution in [0.1, 0.15) is 79.9 Å². The molecule has 0 aromatic heterocycles. The molecule has 4 rings (SSSR count). The molecular formula is C25H30O3. The molecular weight excluding hydrogens is 348 g/mol. The number of aryl methyl sites for hydroxylation is 1. The van der Waals surface area contributed by atoms with Crippen LogP contribution in [-0.4, -0.2) is 16.7 Å². The third-order valence-electron chi connectivity index (χ3n) is 6.00. The first-order valence-electron chi connectivity index (χ1n) is 10.4. The molecule has 0 amide bonds. The Bertz CT molecular complexity index is 700. The molecule has 0 atom stereocenters. The number of phenols is 1. The van der Waals surface area contributed by atoms with Gasteiger partial charge in [-0.05, 0) is 67.7 Å². The number of carbonyl (C=O) groups excluding carboxylic acids is 2. The van der Waals surface area contributed by atoms with Crippen molar-refractivity contribution in [2.75, 3.05) is 0 Å². The van der Waals surface area contributed by atoms with Crippen LogP contribution in [0.3, 0.4) is 0 Å². The highest BCUT2D eigenvalue weighted by atomic mass is 16.3. The molecule has 0 bridgehead atoms. The summed E-state index contributed by atoms with van der Waals surface area (Å²) in [7, 11) is 0. The number of hydrogen-bond donors (Lipinski definition) is 1. The molecule has 0 radical (unpaired) electrons. The summed E-state index contributed by atoms with van der Waals surface area (Å²) in [4.78, 5) is 22.1. The van der Waals surface area contributed by atoms with Crippen molar-refractivity contribution in [1.82, 2.24) is 0 Å². The van der Waals surface area contributed by atoms with Gasteiger partial charge in [-0.2, -0.15) is 0 Å². The Kier molecular flexibility index (Phi) is 7.02. The minimum absolute atomic E-state index is 0.306. The van der Waals surface area contributed by atoms with E-state index in [2.05, 4.69) is 31.2 Å². The topological polar surface area (TPSA) is 54.4 Å². The Hall–Kier alpha value is -2.42. The van der Waals surface area contributed by atoms with Crippen LogP contribution in [0.4, 0.5) is 0 Å². The number of Topliss-reactive ketones (excluding diaryl/α,β-unsaturated/α-hetero) is 2. The fraction of sp³-hybridized carbons (Fsp3) is 0.440. The summed E-state index contributed by atoms with van der Waals surface area (Å²) in [5.74, 6) is 2.26. The van der Waals surface area contributed by atoms with Gasteiger partial charge in [0.15, 0.2) is 0 Å². The summed E-state index contributed by atoms with van der Waals surface area (Å²) >= 11 is 0. The predicted octanol–water partition coefficient (Wildman–Crippen LogP) is 5.84. The highest BCUT2D eigenvalue weighted by Gasteiger charge is 2.20. The lowest BCUT2D eigenvalue weighted by Crippen LogP contribution is -2.12. The van der Waals surface area contributed by atoms with Crippen molar-refractivity contribution in [3.63, 3.8) is 0 Å². The Morgan fingerprint density at radius 3 is 1.39 bits per heavy atom. The smallest absolute Gasteiger partial charge is 0.132 e. The SMILES string of the molecule is Cc1ccc(C2CCC(=O)CC2)cc1.O=C1CCC(c2ccc(O)cc2)CC1. The summed E-state index contributed by atoms with van der Waals surface area (Å²) in [5, 5.41) is 9.14. The van der Waals surface area contributed by atoms with Crippen molar-refractivity contribution in [2.24, 2.45) is 0 Å². The zero-order valence-corrected chi connectivity index (χ0v) is 16.7. The molecule has 2 aromatic rings. The molecule has 2 saturated carbocycles. The maximum absolute atomic E-state index is 11.1. The van der Waals surface area contributed by atoms with Crippen LogP contribution in [0.5, 0.6) is 5.75 Å². The second-order valence-electron chi connectivity index (χ2n) is 8.13. The Labute approximate surface area is 167 Å². The molecule has 0 aliphatic heterocycles. The molecule has 2 aliphatic rings. The Morgan fingerprint density at radius 2 is 1.00 bits per heavy atom. The molecule has 3 heteroatoms. The van der Waals surface area contributed by atoms with Gasteiger partial charge >= 0.3 is 0 Å². The first-order chi connectivity index (χ1) is 13.5. The van der Waals surface area contributed by atoms with Gasteiger partial charge < -0.3 is 5.11 Å². The van der Waals surface area contributed by atoms with Crippen molar-refractivity contribution >= 4 is 11.6 Å². The van der Waals surface area contributed by atoms with E-state index in [1.165, 1.54) is 16.7 Å².